The lowest BCUT2D eigenvalue weighted by Gasteiger charge is -2.13. The van der Waals surface area contributed by atoms with Gasteiger partial charge in [0, 0.05) is 12.6 Å². The van der Waals surface area contributed by atoms with E-state index in [1.807, 2.05) is 12.1 Å². The predicted octanol–water partition coefficient (Wildman–Crippen LogP) is 1.60. The lowest BCUT2D eigenvalue weighted by molar-refractivity contribution is 0.283. The number of aliphatic hydroxyl groups excluding tert-OH is 1. The molecule has 1 aromatic rings. The van der Waals surface area contributed by atoms with Crippen LogP contribution in [0.1, 0.15) is 18.9 Å². The van der Waals surface area contributed by atoms with Crippen LogP contribution < -0.4 is 10.1 Å². The summed E-state index contributed by atoms with van der Waals surface area (Å²) in [5, 5.41) is 12.0. The third-order valence-electron chi connectivity index (χ3n) is 2.53. The monoisotopic (exact) mass is 223 g/mol. The molecular weight excluding hydrogens is 202 g/mol. The second-order valence-corrected chi connectivity index (χ2v) is 3.98. The first-order chi connectivity index (χ1) is 7.76. The molecule has 16 heavy (non-hydrogen) atoms. The molecule has 0 saturated carbocycles. The molecule has 2 N–H and O–H groups in total. The Morgan fingerprint density at radius 3 is 2.56 bits per heavy atom. The molecule has 1 unspecified atom stereocenters. The first kappa shape index (κ1) is 13.0. The van der Waals surface area contributed by atoms with Crippen LogP contribution in [0.25, 0.3) is 0 Å². The van der Waals surface area contributed by atoms with Crippen molar-refractivity contribution in [3.05, 3.63) is 29.8 Å². The number of hydrogen-bond donors (Lipinski definition) is 2. The zero-order valence-electron chi connectivity index (χ0n) is 10.1. The van der Waals surface area contributed by atoms with Crippen molar-refractivity contribution >= 4 is 0 Å². The summed E-state index contributed by atoms with van der Waals surface area (Å²) in [5.41, 5.74) is 1.30. The van der Waals surface area contributed by atoms with Gasteiger partial charge in [-0.15, -0.1) is 0 Å². The van der Waals surface area contributed by atoms with Crippen LogP contribution in [0.5, 0.6) is 5.75 Å². The minimum absolute atomic E-state index is 0.252. The first-order valence-electron chi connectivity index (χ1n) is 5.73. The number of ether oxygens (including phenoxy) is 1. The summed E-state index contributed by atoms with van der Waals surface area (Å²) in [6.07, 6.45) is 1.81. The molecular formula is C13H21NO2. The van der Waals surface area contributed by atoms with E-state index in [9.17, 15) is 0 Å². The predicted molar refractivity (Wildman–Crippen MR) is 65.9 cm³/mol. The number of rotatable bonds is 7. The lowest BCUT2D eigenvalue weighted by atomic mass is 10.1. The van der Waals surface area contributed by atoms with E-state index in [1.165, 1.54) is 5.56 Å². The molecule has 0 radical (unpaired) electrons. The standard InChI is InChI=1S/C13H21NO2/c1-11(14-8-3-9-15)10-12-4-6-13(16-2)7-5-12/h4-7,11,14-15H,3,8-10H2,1-2H3. The zero-order chi connectivity index (χ0) is 11.8. The Hall–Kier alpha value is -1.06. The topological polar surface area (TPSA) is 41.5 Å². The van der Waals surface area contributed by atoms with Crippen LogP contribution in [-0.4, -0.2) is 31.4 Å². The average molecular weight is 223 g/mol. The molecule has 0 amide bonds. The van der Waals surface area contributed by atoms with Gasteiger partial charge in [-0.05, 0) is 44.0 Å². The Bertz CT molecular complexity index is 284. The Balaban J connectivity index is 2.34. The van der Waals surface area contributed by atoms with Gasteiger partial charge in [0.1, 0.15) is 5.75 Å². The third-order valence-corrected chi connectivity index (χ3v) is 2.53. The van der Waals surface area contributed by atoms with E-state index in [-0.39, 0.29) is 6.61 Å². The van der Waals surface area contributed by atoms with Crippen molar-refractivity contribution in [2.24, 2.45) is 0 Å². The minimum atomic E-state index is 0.252. The van der Waals surface area contributed by atoms with E-state index in [0.29, 0.717) is 6.04 Å². The average Bonchev–Trinajstić information content (AvgIpc) is 2.30. The minimum Gasteiger partial charge on any atom is -0.497 e. The van der Waals surface area contributed by atoms with Crippen LogP contribution in [0.2, 0.25) is 0 Å². The normalized spacial score (nSPS) is 12.4. The van der Waals surface area contributed by atoms with E-state index in [0.717, 1.165) is 25.1 Å². The highest BCUT2D eigenvalue weighted by atomic mass is 16.5. The highest BCUT2D eigenvalue weighted by Gasteiger charge is 2.02. The summed E-state index contributed by atoms with van der Waals surface area (Å²) in [7, 11) is 1.67. The van der Waals surface area contributed by atoms with E-state index >= 15 is 0 Å². The summed E-state index contributed by atoms with van der Waals surface area (Å²) in [6, 6.07) is 8.57. The highest BCUT2D eigenvalue weighted by Crippen LogP contribution is 2.12. The van der Waals surface area contributed by atoms with Gasteiger partial charge in [0.2, 0.25) is 0 Å². The van der Waals surface area contributed by atoms with E-state index < -0.39 is 0 Å². The fraction of sp³-hybridized carbons (Fsp3) is 0.538. The van der Waals surface area contributed by atoms with E-state index in [1.54, 1.807) is 7.11 Å². The number of hydrogen-bond acceptors (Lipinski definition) is 3. The summed E-state index contributed by atoms with van der Waals surface area (Å²) in [6.45, 7) is 3.28. The van der Waals surface area contributed by atoms with Crippen LogP contribution >= 0.6 is 0 Å². The summed E-state index contributed by atoms with van der Waals surface area (Å²) in [5.74, 6) is 0.893. The Kier molecular flexibility index (Phi) is 5.90. The van der Waals surface area contributed by atoms with Crippen LogP contribution in [0, 0.1) is 0 Å². The molecule has 0 aromatic heterocycles. The Morgan fingerprint density at radius 2 is 2.00 bits per heavy atom. The molecule has 1 rings (SSSR count). The fourth-order valence-corrected chi connectivity index (χ4v) is 1.61. The number of benzene rings is 1. The Morgan fingerprint density at radius 1 is 1.31 bits per heavy atom. The molecule has 1 atom stereocenters. The van der Waals surface area contributed by atoms with Crippen LogP contribution in [0.15, 0.2) is 24.3 Å². The molecule has 3 nitrogen and oxygen atoms in total. The molecule has 0 aliphatic heterocycles. The van der Waals surface area contributed by atoms with Crippen LogP contribution in [-0.2, 0) is 6.42 Å². The fourth-order valence-electron chi connectivity index (χ4n) is 1.61. The molecule has 0 fully saturated rings. The SMILES string of the molecule is COc1ccc(CC(C)NCCCO)cc1. The van der Waals surface area contributed by atoms with Crippen molar-refractivity contribution in [2.75, 3.05) is 20.3 Å². The maximum atomic E-state index is 8.67. The van der Waals surface area contributed by atoms with E-state index in [2.05, 4.69) is 24.4 Å². The largest absolute Gasteiger partial charge is 0.497 e. The van der Waals surface area contributed by atoms with Gasteiger partial charge < -0.3 is 15.2 Å². The molecule has 3 heteroatoms. The first-order valence-corrected chi connectivity index (χ1v) is 5.73. The Labute approximate surface area is 97.4 Å². The second-order valence-electron chi connectivity index (χ2n) is 3.98. The van der Waals surface area contributed by atoms with Gasteiger partial charge in [-0.1, -0.05) is 12.1 Å². The van der Waals surface area contributed by atoms with Gasteiger partial charge in [-0.2, -0.15) is 0 Å². The van der Waals surface area contributed by atoms with E-state index in [4.69, 9.17) is 9.84 Å². The quantitative estimate of drug-likeness (QED) is 0.690. The van der Waals surface area contributed by atoms with Gasteiger partial charge in [-0.3, -0.25) is 0 Å². The van der Waals surface area contributed by atoms with Gasteiger partial charge in [0.15, 0.2) is 0 Å². The summed E-state index contributed by atoms with van der Waals surface area (Å²) >= 11 is 0. The van der Waals surface area contributed by atoms with Crippen LogP contribution in [0.4, 0.5) is 0 Å². The van der Waals surface area contributed by atoms with Crippen molar-refractivity contribution in [1.82, 2.24) is 5.32 Å². The van der Waals surface area contributed by atoms with Crippen molar-refractivity contribution in [2.45, 2.75) is 25.8 Å². The van der Waals surface area contributed by atoms with Gasteiger partial charge in [-0.25, -0.2) is 0 Å². The third kappa shape index (κ3) is 4.64. The van der Waals surface area contributed by atoms with Crippen molar-refractivity contribution in [1.29, 1.82) is 0 Å². The maximum absolute atomic E-state index is 8.67. The van der Waals surface area contributed by atoms with Gasteiger partial charge in [0.05, 0.1) is 7.11 Å². The zero-order valence-corrected chi connectivity index (χ0v) is 10.1. The number of methoxy groups -OCH3 is 1. The van der Waals surface area contributed by atoms with Gasteiger partial charge in [0.25, 0.3) is 0 Å². The molecule has 0 heterocycles. The van der Waals surface area contributed by atoms with Crippen molar-refractivity contribution < 1.29 is 9.84 Å². The molecule has 0 saturated heterocycles. The molecule has 0 bridgehead atoms. The van der Waals surface area contributed by atoms with Crippen LogP contribution in [0.3, 0.4) is 0 Å². The van der Waals surface area contributed by atoms with Gasteiger partial charge >= 0.3 is 0 Å². The molecule has 0 spiro atoms. The summed E-state index contributed by atoms with van der Waals surface area (Å²) in [4.78, 5) is 0. The maximum Gasteiger partial charge on any atom is 0.118 e. The molecule has 90 valence electrons. The van der Waals surface area contributed by atoms with Crippen molar-refractivity contribution in [3.63, 3.8) is 0 Å². The smallest absolute Gasteiger partial charge is 0.118 e. The summed E-state index contributed by atoms with van der Waals surface area (Å²) < 4.78 is 5.11. The lowest BCUT2D eigenvalue weighted by Crippen LogP contribution is -2.29. The number of aliphatic hydroxyl groups is 1. The highest BCUT2D eigenvalue weighted by molar-refractivity contribution is 5.27. The number of nitrogens with one attached hydrogen (secondary N) is 1. The molecule has 0 aliphatic carbocycles. The molecule has 1 aromatic carbocycles. The van der Waals surface area contributed by atoms with Crippen molar-refractivity contribution in [3.8, 4) is 5.75 Å². The molecule has 0 aliphatic rings. The second kappa shape index (κ2) is 7.25.